The smallest absolute Gasteiger partial charge is 0.407 e. The molecule has 0 saturated carbocycles. The molecule has 1 aromatic rings. The Morgan fingerprint density at radius 1 is 0.807 bits per heavy atom. The van der Waals surface area contributed by atoms with Crippen LogP contribution in [-0.2, 0) is 20.7 Å². The maximum atomic E-state index is 13.5. The van der Waals surface area contributed by atoms with Crippen molar-refractivity contribution in [3.05, 3.63) is 108 Å². The average molecular weight is 826 g/mol. The zero-order chi connectivity index (χ0) is 42.2. The highest BCUT2D eigenvalue weighted by molar-refractivity contribution is 8.77. The molecule has 0 aliphatic carbocycles. The van der Waals surface area contributed by atoms with Gasteiger partial charge in [-0.25, -0.2) is 4.79 Å². The second kappa shape index (κ2) is 32.4. The molecule has 1 aromatic carbocycles. The number of amides is 3. The molecule has 0 spiro atoms. The van der Waals surface area contributed by atoms with E-state index in [1.807, 2.05) is 39.0 Å². The summed E-state index contributed by atoms with van der Waals surface area (Å²) in [6.45, 7) is 12.1. The van der Waals surface area contributed by atoms with E-state index in [1.165, 1.54) is 5.56 Å². The fraction of sp³-hybridized carbons (Fsp3) is 0.543. The van der Waals surface area contributed by atoms with Crippen LogP contribution >= 0.6 is 21.6 Å². The standard InChI is InChI=1S/C46H71N3O6S2/c1-7-8-9-10-11-12-13-14-15-16-17-18-19-20-21-22-23-24-25-26-43(52)47-31-32-56-57-46(5,6)42(36-55-45(54)48-34-41(51)35-50)49-44(53)38(4)40-29-27-39(28-30-40)33-37(2)3/h8-9,11-12,14-15,17-18,20-21,23-24,27-30,37-38,41-42,50-51H,7,10,13,16,19,22,25-26,31-36H2,1-6H3,(H,47,52)(H,48,54)(H,49,53)/b9-8-,12-11-,15-14-,18-17-,21-20-,24-23-/t38?,41-,42-/m1/s1. The second-order valence-electron chi connectivity index (χ2n) is 14.8. The van der Waals surface area contributed by atoms with E-state index in [4.69, 9.17) is 9.84 Å². The zero-order valence-electron chi connectivity index (χ0n) is 35.3. The monoisotopic (exact) mass is 825 g/mol. The number of carbonyl (C=O) groups excluding carboxylic acids is 3. The van der Waals surface area contributed by atoms with Gasteiger partial charge < -0.3 is 30.9 Å². The summed E-state index contributed by atoms with van der Waals surface area (Å²) in [5.74, 6) is 0.579. The third-order valence-electron chi connectivity index (χ3n) is 8.66. The van der Waals surface area contributed by atoms with Crippen molar-refractivity contribution in [3.63, 3.8) is 0 Å². The number of aliphatic hydroxyl groups excluding tert-OH is 2. The van der Waals surface area contributed by atoms with Gasteiger partial charge in [0.25, 0.3) is 0 Å². The summed E-state index contributed by atoms with van der Waals surface area (Å²) in [6, 6.07) is 7.55. The Hall–Kier alpha value is -3.51. The molecule has 3 atom stereocenters. The van der Waals surface area contributed by atoms with Crippen molar-refractivity contribution < 1.29 is 29.3 Å². The number of ether oxygens (including phenoxy) is 1. The Kier molecular flexibility index (Phi) is 29.3. The number of hydrogen-bond acceptors (Lipinski definition) is 8. The molecule has 0 aliphatic rings. The molecule has 11 heteroatoms. The fourth-order valence-electron chi connectivity index (χ4n) is 5.18. The van der Waals surface area contributed by atoms with Gasteiger partial charge in [-0.2, -0.15) is 0 Å². The van der Waals surface area contributed by atoms with Gasteiger partial charge in [0.05, 0.1) is 24.7 Å². The predicted molar refractivity (Wildman–Crippen MR) is 242 cm³/mol. The molecule has 0 radical (unpaired) electrons. The van der Waals surface area contributed by atoms with Crippen LogP contribution in [0.2, 0.25) is 0 Å². The molecule has 318 valence electrons. The topological polar surface area (TPSA) is 137 Å². The minimum atomic E-state index is -1.10. The highest BCUT2D eigenvalue weighted by atomic mass is 33.1. The molecule has 0 heterocycles. The molecule has 0 saturated heterocycles. The number of benzene rings is 1. The van der Waals surface area contributed by atoms with Crippen molar-refractivity contribution >= 4 is 39.5 Å². The zero-order valence-corrected chi connectivity index (χ0v) is 36.9. The van der Waals surface area contributed by atoms with E-state index in [0.29, 0.717) is 31.1 Å². The Labute approximate surface area is 351 Å². The van der Waals surface area contributed by atoms with Crippen molar-refractivity contribution in [2.45, 2.75) is 122 Å². The van der Waals surface area contributed by atoms with Crippen molar-refractivity contribution in [3.8, 4) is 0 Å². The van der Waals surface area contributed by atoms with Crippen LogP contribution in [0.3, 0.4) is 0 Å². The Balaban J connectivity index is 2.46. The SMILES string of the molecule is CC/C=C\C/C=C\C/C=C\C/C=C\C/C=C\C/C=C\CCC(=O)NCCSSC(C)(C)[C@@H](COC(=O)NC[C@@H](O)CO)NC(=O)C(C)c1ccc(CC(C)C)cc1. The van der Waals surface area contributed by atoms with Gasteiger partial charge in [-0.3, -0.25) is 9.59 Å². The van der Waals surface area contributed by atoms with E-state index in [0.717, 1.165) is 50.5 Å². The highest BCUT2D eigenvalue weighted by Crippen LogP contribution is 2.38. The summed E-state index contributed by atoms with van der Waals surface area (Å²) < 4.78 is 4.88. The summed E-state index contributed by atoms with van der Waals surface area (Å²) in [4.78, 5) is 38.2. The summed E-state index contributed by atoms with van der Waals surface area (Å²) in [6.07, 6.45) is 31.9. The quantitative estimate of drug-likeness (QED) is 0.0294. The van der Waals surface area contributed by atoms with E-state index in [2.05, 4.69) is 116 Å². The van der Waals surface area contributed by atoms with Gasteiger partial charge in [-0.15, -0.1) is 0 Å². The van der Waals surface area contributed by atoms with Crippen LogP contribution < -0.4 is 16.0 Å². The summed E-state index contributed by atoms with van der Waals surface area (Å²) in [5, 5.41) is 27.1. The molecular weight excluding hydrogens is 755 g/mol. The molecule has 0 bridgehead atoms. The lowest BCUT2D eigenvalue weighted by Crippen LogP contribution is -2.52. The largest absolute Gasteiger partial charge is 0.447 e. The van der Waals surface area contributed by atoms with E-state index < -0.39 is 35.5 Å². The van der Waals surface area contributed by atoms with Crippen LogP contribution in [0, 0.1) is 5.92 Å². The van der Waals surface area contributed by atoms with Crippen molar-refractivity contribution in [1.82, 2.24) is 16.0 Å². The first-order valence-electron chi connectivity index (χ1n) is 20.5. The molecular formula is C46H71N3O6S2. The van der Waals surface area contributed by atoms with Crippen LogP contribution in [0.5, 0.6) is 0 Å². The van der Waals surface area contributed by atoms with Crippen molar-refractivity contribution in [1.29, 1.82) is 0 Å². The van der Waals surface area contributed by atoms with Gasteiger partial charge in [0.1, 0.15) is 6.61 Å². The normalized spacial score (nSPS) is 14.1. The minimum Gasteiger partial charge on any atom is -0.447 e. The molecule has 5 N–H and O–H groups in total. The fourth-order valence-corrected chi connectivity index (χ4v) is 7.76. The Bertz CT molecular complexity index is 1440. The lowest BCUT2D eigenvalue weighted by molar-refractivity contribution is -0.123. The third kappa shape index (κ3) is 26.9. The Morgan fingerprint density at radius 3 is 1.88 bits per heavy atom. The number of rotatable bonds is 30. The minimum absolute atomic E-state index is 0.00137. The lowest BCUT2D eigenvalue weighted by Gasteiger charge is -2.34. The van der Waals surface area contributed by atoms with Crippen LogP contribution in [0.25, 0.3) is 0 Å². The maximum Gasteiger partial charge on any atom is 0.407 e. The number of carbonyl (C=O) groups is 3. The first-order chi connectivity index (χ1) is 27.4. The summed E-state index contributed by atoms with van der Waals surface area (Å²) >= 11 is 0. The summed E-state index contributed by atoms with van der Waals surface area (Å²) in [7, 11) is 3.12. The van der Waals surface area contributed by atoms with Crippen LogP contribution in [0.15, 0.2) is 97.2 Å². The first kappa shape index (κ1) is 51.5. The maximum absolute atomic E-state index is 13.5. The van der Waals surface area contributed by atoms with E-state index in [-0.39, 0.29) is 25.0 Å². The molecule has 0 aromatic heterocycles. The molecule has 1 rings (SSSR count). The van der Waals surface area contributed by atoms with Gasteiger partial charge in [0.15, 0.2) is 0 Å². The molecule has 9 nitrogen and oxygen atoms in total. The second-order valence-corrected chi connectivity index (χ2v) is 17.8. The van der Waals surface area contributed by atoms with Gasteiger partial charge in [-0.1, -0.05) is 140 Å². The number of allylic oxidation sites excluding steroid dienone is 12. The highest BCUT2D eigenvalue weighted by Gasteiger charge is 2.34. The predicted octanol–water partition coefficient (Wildman–Crippen LogP) is 9.31. The van der Waals surface area contributed by atoms with E-state index in [9.17, 15) is 19.5 Å². The number of alkyl carbamates (subject to hydrolysis) is 1. The van der Waals surface area contributed by atoms with Crippen molar-refractivity contribution in [2.24, 2.45) is 5.92 Å². The van der Waals surface area contributed by atoms with Gasteiger partial charge in [-0.05, 0) is 89.2 Å². The third-order valence-corrected chi connectivity index (χ3v) is 12.0. The number of nitrogens with one attached hydrogen (secondary N) is 3. The molecule has 57 heavy (non-hydrogen) atoms. The van der Waals surface area contributed by atoms with Gasteiger partial charge in [0.2, 0.25) is 11.8 Å². The first-order valence-corrected chi connectivity index (χ1v) is 22.8. The molecule has 3 amide bonds. The molecule has 0 fully saturated rings. The van der Waals surface area contributed by atoms with Crippen LogP contribution in [0.4, 0.5) is 4.79 Å². The summed E-state index contributed by atoms with van der Waals surface area (Å²) in [5.41, 5.74) is 2.12. The van der Waals surface area contributed by atoms with Crippen molar-refractivity contribution in [2.75, 3.05) is 32.1 Å². The Morgan fingerprint density at radius 2 is 1.35 bits per heavy atom. The molecule has 0 aliphatic heterocycles. The average Bonchev–Trinajstić information content (AvgIpc) is 3.18. The lowest BCUT2D eigenvalue weighted by atomic mass is 9.95. The van der Waals surface area contributed by atoms with Crippen LogP contribution in [0.1, 0.15) is 110 Å². The number of hydrogen-bond donors (Lipinski definition) is 5. The van der Waals surface area contributed by atoms with E-state index >= 15 is 0 Å². The number of aliphatic hydroxyl groups is 2. The van der Waals surface area contributed by atoms with Gasteiger partial charge >= 0.3 is 6.09 Å². The van der Waals surface area contributed by atoms with Crippen LogP contribution in [-0.4, -0.2) is 77.1 Å². The molecule has 1 unspecified atom stereocenters. The van der Waals surface area contributed by atoms with Gasteiger partial charge in [0, 0.05) is 30.0 Å². The van der Waals surface area contributed by atoms with E-state index in [1.54, 1.807) is 21.6 Å².